The first kappa shape index (κ1) is 12.5. The summed E-state index contributed by atoms with van der Waals surface area (Å²) in [5.41, 5.74) is 7.02. The molecule has 2 aromatic carbocycles. The van der Waals surface area contributed by atoms with Crippen LogP contribution in [-0.4, -0.2) is 12.9 Å². The average Bonchev–Trinajstić information content (AvgIpc) is 2.38. The average molecular weight is 262 g/mol. The zero-order valence-electron chi connectivity index (χ0n) is 9.81. The Kier molecular flexibility index (Phi) is 3.53. The van der Waals surface area contributed by atoms with Gasteiger partial charge in [0.05, 0.1) is 17.7 Å². The standard InChI is InChI=1S/C14H12ClNO2/c1-18-13-5-3-2-4-11(13)14(17)10-7-6-9(16)8-12(10)15/h2-8H,16H2,1H3. The first-order valence-corrected chi connectivity index (χ1v) is 5.74. The van der Waals surface area contributed by atoms with Crippen LogP contribution in [0.25, 0.3) is 0 Å². The highest BCUT2D eigenvalue weighted by Crippen LogP contribution is 2.26. The molecule has 0 bridgehead atoms. The van der Waals surface area contributed by atoms with Gasteiger partial charge in [-0.05, 0) is 30.3 Å². The van der Waals surface area contributed by atoms with Gasteiger partial charge in [0.1, 0.15) is 5.75 Å². The Morgan fingerprint density at radius 1 is 1.17 bits per heavy atom. The quantitative estimate of drug-likeness (QED) is 0.682. The monoisotopic (exact) mass is 261 g/mol. The van der Waals surface area contributed by atoms with Gasteiger partial charge in [-0.1, -0.05) is 23.7 Å². The van der Waals surface area contributed by atoms with Crippen LogP contribution < -0.4 is 10.5 Å². The van der Waals surface area contributed by atoms with E-state index in [-0.39, 0.29) is 5.78 Å². The number of anilines is 1. The van der Waals surface area contributed by atoms with Crippen LogP contribution in [0.15, 0.2) is 42.5 Å². The number of ether oxygens (including phenoxy) is 1. The summed E-state index contributed by atoms with van der Waals surface area (Å²) < 4.78 is 5.16. The van der Waals surface area contributed by atoms with Crippen LogP contribution in [0.5, 0.6) is 5.75 Å². The van der Waals surface area contributed by atoms with Crippen molar-refractivity contribution in [1.82, 2.24) is 0 Å². The van der Waals surface area contributed by atoms with Crippen molar-refractivity contribution in [1.29, 1.82) is 0 Å². The lowest BCUT2D eigenvalue weighted by molar-refractivity contribution is 0.103. The molecule has 0 spiro atoms. The van der Waals surface area contributed by atoms with Gasteiger partial charge in [-0.15, -0.1) is 0 Å². The Balaban J connectivity index is 2.48. The van der Waals surface area contributed by atoms with Crippen LogP contribution in [0.1, 0.15) is 15.9 Å². The molecule has 0 aliphatic heterocycles. The molecule has 0 unspecified atom stereocenters. The second kappa shape index (κ2) is 5.10. The molecule has 2 rings (SSSR count). The highest BCUT2D eigenvalue weighted by molar-refractivity contribution is 6.35. The smallest absolute Gasteiger partial charge is 0.198 e. The van der Waals surface area contributed by atoms with Gasteiger partial charge in [-0.2, -0.15) is 0 Å². The Labute approximate surface area is 110 Å². The number of hydrogen-bond acceptors (Lipinski definition) is 3. The van der Waals surface area contributed by atoms with Crippen molar-refractivity contribution in [3.63, 3.8) is 0 Å². The number of rotatable bonds is 3. The zero-order valence-corrected chi connectivity index (χ0v) is 10.6. The number of nitrogen functional groups attached to an aromatic ring is 1. The molecule has 2 aromatic rings. The van der Waals surface area contributed by atoms with Crippen molar-refractivity contribution >= 4 is 23.1 Å². The highest BCUT2D eigenvalue weighted by atomic mass is 35.5. The topological polar surface area (TPSA) is 52.3 Å². The molecule has 0 saturated heterocycles. The molecule has 18 heavy (non-hydrogen) atoms. The molecule has 2 N–H and O–H groups in total. The molecule has 3 nitrogen and oxygen atoms in total. The number of ketones is 1. The number of para-hydroxylation sites is 1. The lowest BCUT2D eigenvalue weighted by atomic mass is 10.0. The molecular formula is C14H12ClNO2. The summed E-state index contributed by atoms with van der Waals surface area (Å²) in [6.07, 6.45) is 0. The van der Waals surface area contributed by atoms with Crippen LogP contribution in [0.2, 0.25) is 5.02 Å². The van der Waals surface area contributed by atoms with Crippen LogP contribution in [-0.2, 0) is 0 Å². The maximum atomic E-state index is 12.4. The molecule has 0 saturated carbocycles. The number of halogens is 1. The SMILES string of the molecule is COc1ccccc1C(=O)c1ccc(N)cc1Cl. The van der Waals surface area contributed by atoms with E-state index >= 15 is 0 Å². The van der Waals surface area contributed by atoms with E-state index in [1.165, 1.54) is 7.11 Å². The predicted octanol–water partition coefficient (Wildman–Crippen LogP) is 3.16. The molecule has 4 heteroatoms. The van der Waals surface area contributed by atoms with E-state index in [0.29, 0.717) is 27.6 Å². The molecule has 0 aromatic heterocycles. The normalized spacial score (nSPS) is 10.1. The minimum absolute atomic E-state index is 0.183. The van der Waals surface area contributed by atoms with Crippen LogP contribution in [0, 0.1) is 0 Å². The van der Waals surface area contributed by atoms with Crippen LogP contribution >= 0.6 is 11.6 Å². The van der Waals surface area contributed by atoms with E-state index in [0.717, 1.165) is 0 Å². The third-order valence-corrected chi connectivity index (χ3v) is 2.90. The number of nitrogens with two attached hydrogens (primary N) is 1. The molecule has 0 aliphatic carbocycles. The highest BCUT2D eigenvalue weighted by Gasteiger charge is 2.16. The maximum Gasteiger partial charge on any atom is 0.198 e. The molecule has 0 amide bonds. The number of methoxy groups -OCH3 is 1. The van der Waals surface area contributed by atoms with E-state index in [2.05, 4.69) is 0 Å². The summed E-state index contributed by atoms with van der Waals surface area (Å²) in [5, 5.41) is 0.339. The van der Waals surface area contributed by atoms with E-state index in [1.807, 2.05) is 0 Å². The Morgan fingerprint density at radius 3 is 2.56 bits per heavy atom. The fourth-order valence-corrected chi connectivity index (χ4v) is 1.97. The van der Waals surface area contributed by atoms with Gasteiger partial charge in [0.2, 0.25) is 0 Å². The number of carbonyl (C=O) groups is 1. The largest absolute Gasteiger partial charge is 0.496 e. The lowest BCUT2D eigenvalue weighted by Crippen LogP contribution is -2.05. The number of benzene rings is 2. The van der Waals surface area contributed by atoms with Crippen molar-refractivity contribution in [2.45, 2.75) is 0 Å². The minimum atomic E-state index is -0.183. The molecule has 0 aliphatic rings. The second-order valence-electron chi connectivity index (χ2n) is 3.77. The van der Waals surface area contributed by atoms with E-state index in [9.17, 15) is 4.79 Å². The van der Waals surface area contributed by atoms with Crippen molar-refractivity contribution < 1.29 is 9.53 Å². The summed E-state index contributed by atoms with van der Waals surface area (Å²) in [6.45, 7) is 0. The van der Waals surface area contributed by atoms with Crippen molar-refractivity contribution in [3.8, 4) is 5.75 Å². The summed E-state index contributed by atoms with van der Waals surface area (Å²) in [6, 6.07) is 11.8. The Bertz CT molecular complexity index is 596. The zero-order chi connectivity index (χ0) is 13.1. The van der Waals surface area contributed by atoms with E-state index in [4.69, 9.17) is 22.1 Å². The third kappa shape index (κ3) is 2.31. The Morgan fingerprint density at radius 2 is 1.89 bits per heavy atom. The van der Waals surface area contributed by atoms with Crippen molar-refractivity contribution in [2.24, 2.45) is 0 Å². The van der Waals surface area contributed by atoms with Gasteiger partial charge in [-0.25, -0.2) is 0 Å². The maximum absolute atomic E-state index is 12.4. The van der Waals surface area contributed by atoms with Crippen LogP contribution in [0.4, 0.5) is 5.69 Å². The summed E-state index contributed by atoms with van der Waals surface area (Å²) in [4.78, 5) is 12.4. The molecule has 0 fully saturated rings. The van der Waals surface area contributed by atoms with Crippen LogP contribution in [0.3, 0.4) is 0 Å². The first-order chi connectivity index (χ1) is 8.63. The predicted molar refractivity (Wildman–Crippen MR) is 72.3 cm³/mol. The van der Waals surface area contributed by atoms with Gasteiger partial charge in [0.15, 0.2) is 5.78 Å². The van der Waals surface area contributed by atoms with Gasteiger partial charge < -0.3 is 10.5 Å². The Hall–Kier alpha value is -2.00. The number of carbonyl (C=O) groups excluding carboxylic acids is 1. The van der Waals surface area contributed by atoms with Crippen molar-refractivity contribution in [3.05, 3.63) is 58.6 Å². The van der Waals surface area contributed by atoms with Gasteiger partial charge in [0.25, 0.3) is 0 Å². The fourth-order valence-electron chi connectivity index (χ4n) is 1.69. The minimum Gasteiger partial charge on any atom is -0.496 e. The summed E-state index contributed by atoms with van der Waals surface area (Å²) in [7, 11) is 1.52. The van der Waals surface area contributed by atoms with Gasteiger partial charge >= 0.3 is 0 Å². The van der Waals surface area contributed by atoms with E-state index in [1.54, 1.807) is 42.5 Å². The fraction of sp³-hybridized carbons (Fsp3) is 0.0714. The molecule has 0 atom stereocenters. The summed E-state index contributed by atoms with van der Waals surface area (Å²) >= 11 is 6.03. The molecular weight excluding hydrogens is 250 g/mol. The third-order valence-electron chi connectivity index (χ3n) is 2.59. The molecule has 0 heterocycles. The van der Waals surface area contributed by atoms with Gasteiger partial charge in [0, 0.05) is 11.3 Å². The first-order valence-electron chi connectivity index (χ1n) is 5.36. The number of hydrogen-bond donors (Lipinski definition) is 1. The molecule has 0 radical (unpaired) electrons. The van der Waals surface area contributed by atoms with Gasteiger partial charge in [-0.3, -0.25) is 4.79 Å². The van der Waals surface area contributed by atoms with E-state index < -0.39 is 0 Å². The lowest BCUT2D eigenvalue weighted by Gasteiger charge is -2.08. The summed E-state index contributed by atoms with van der Waals surface area (Å²) in [5.74, 6) is 0.341. The second-order valence-corrected chi connectivity index (χ2v) is 4.18. The van der Waals surface area contributed by atoms with Crippen molar-refractivity contribution in [2.75, 3.05) is 12.8 Å². The molecule has 92 valence electrons.